The summed E-state index contributed by atoms with van der Waals surface area (Å²) < 4.78 is 9.52. The van der Waals surface area contributed by atoms with E-state index >= 15 is 0 Å². The van der Waals surface area contributed by atoms with Crippen LogP contribution in [-0.4, -0.2) is 32.1 Å². The van der Waals surface area contributed by atoms with Crippen molar-refractivity contribution < 1.29 is 19.1 Å². The lowest BCUT2D eigenvalue weighted by Crippen LogP contribution is -2.39. The summed E-state index contributed by atoms with van der Waals surface area (Å²) in [5.74, 6) is -0.464. The van der Waals surface area contributed by atoms with Gasteiger partial charge in [-0.25, -0.2) is 4.79 Å². The van der Waals surface area contributed by atoms with E-state index in [9.17, 15) is 9.59 Å². The highest BCUT2D eigenvalue weighted by Crippen LogP contribution is 2.19. The van der Waals surface area contributed by atoms with Gasteiger partial charge >= 0.3 is 5.97 Å². The highest BCUT2D eigenvalue weighted by atomic mass is 16.5. The van der Waals surface area contributed by atoms with Crippen molar-refractivity contribution in [1.29, 1.82) is 0 Å². The number of ether oxygens (including phenoxy) is 2. The Morgan fingerprint density at radius 2 is 2.00 bits per heavy atom. The van der Waals surface area contributed by atoms with E-state index in [-0.39, 0.29) is 5.56 Å². The topological polar surface area (TPSA) is 90.6 Å². The van der Waals surface area contributed by atoms with E-state index in [0.717, 1.165) is 0 Å². The summed E-state index contributed by atoms with van der Waals surface area (Å²) in [5.41, 5.74) is 6.26. The Morgan fingerprint density at radius 3 is 2.56 bits per heavy atom. The fraction of sp³-hybridized carbons (Fsp3) is 0.333. The van der Waals surface area contributed by atoms with Crippen LogP contribution in [0.5, 0.6) is 5.75 Å². The van der Waals surface area contributed by atoms with Crippen molar-refractivity contribution in [2.45, 2.75) is 13.0 Å². The number of nitrogen functional groups attached to an aromatic ring is 1. The zero-order valence-corrected chi connectivity index (χ0v) is 10.5. The summed E-state index contributed by atoms with van der Waals surface area (Å²) in [6.45, 7) is 1.53. The molecule has 0 saturated carbocycles. The van der Waals surface area contributed by atoms with Crippen LogP contribution in [0, 0.1) is 0 Å². The summed E-state index contributed by atoms with van der Waals surface area (Å²) in [7, 11) is 2.75. The molecule has 0 fully saturated rings. The van der Waals surface area contributed by atoms with E-state index in [1.54, 1.807) is 12.1 Å². The number of anilines is 1. The number of hydrogen-bond donors (Lipinski definition) is 2. The molecule has 18 heavy (non-hydrogen) atoms. The summed E-state index contributed by atoms with van der Waals surface area (Å²) in [5, 5.41) is 2.49. The molecule has 6 nitrogen and oxygen atoms in total. The molecular weight excluding hydrogens is 236 g/mol. The molecule has 6 heteroatoms. The maximum absolute atomic E-state index is 11.9. The van der Waals surface area contributed by atoms with Gasteiger partial charge in [0.25, 0.3) is 5.91 Å². The van der Waals surface area contributed by atoms with Crippen molar-refractivity contribution in [3.63, 3.8) is 0 Å². The highest BCUT2D eigenvalue weighted by Gasteiger charge is 2.18. The fourth-order valence-corrected chi connectivity index (χ4v) is 1.37. The molecular formula is C12H16N2O4. The molecule has 1 unspecified atom stereocenters. The monoisotopic (exact) mass is 252 g/mol. The zero-order valence-electron chi connectivity index (χ0n) is 10.5. The number of nitrogens with two attached hydrogens (primary N) is 1. The second kappa shape index (κ2) is 5.90. The minimum absolute atomic E-state index is 0.255. The van der Waals surface area contributed by atoms with Crippen LogP contribution in [0.2, 0.25) is 0 Å². The van der Waals surface area contributed by atoms with E-state index in [4.69, 9.17) is 10.5 Å². The van der Waals surface area contributed by atoms with Gasteiger partial charge < -0.3 is 20.5 Å². The predicted octanol–water partition coefficient (Wildman–Crippen LogP) is 0.569. The van der Waals surface area contributed by atoms with Gasteiger partial charge in [0.2, 0.25) is 0 Å². The van der Waals surface area contributed by atoms with Crippen LogP contribution in [0.4, 0.5) is 5.69 Å². The van der Waals surface area contributed by atoms with Crippen LogP contribution < -0.4 is 15.8 Å². The summed E-state index contributed by atoms with van der Waals surface area (Å²) in [4.78, 5) is 23.1. The van der Waals surface area contributed by atoms with Crippen LogP contribution in [-0.2, 0) is 9.53 Å². The molecule has 0 bridgehead atoms. The van der Waals surface area contributed by atoms with E-state index in [1.165, 1.54) is 27.2 Å². The third kappa shape index (κ3) is 3.13. The summed E-state index contributed by atoms with van der Waals surface area (Å²) in [6, 6.07) is 3.98. The lowest BCUT2D eigenvalue weighted by Gasteiger charge is -2.13. The second-order valence-electron chi connectivity index (χ2n) is 3.67. The molecule has 1 amide bonds. The van der Waals surface area contributed by atoms with Crippen LogP contribution in [0.15, 0.2) is 18.2 Å². The number of amides is 1. The lowest BCUT2D eigenvalue weighted by molar-refractivity contribution is -0.142. The normalized spacial score (nSPS) is 11.5. The van der Waals surface area contributed by atoms with Gasteiger partial charge in [0, 0.05) is 5.69 Å². The SMILES string of the molecule is COC(=O)C(C)NC(=O)c1cc(OC)ccc1N. The van der Waals surface area contributed by atoms with Gasteiger partial charge in [-0.3, -0.25) is 4.79 Å². The van der Waals surface area contributed by atoms with Gasteiger partial charge in [-0.1, -0.05) is 0 Å². The average Bonchev–Trinajstić information content (AvgIpc) is 2.38. The number of benzene rings is 1. The smallest absolute Gasteiger partial charge is 0.328 e. The Morgan fingerprint density at radius 1 is 1.33 bits per heavy atom. The number of carbonyl (C=O) groups excluding carboxylic acids is 2. The largest absolute Gasteiger partial charge is 0.497 e. The van der Waals surface area contributed by atoms with Crippen molar-refractivity contribution in [2.24, 2.45) is 0 Å². The fourth-order valence-electron chi connectivity index (χ4n) is 1.37. The van der Waals surface area contributed by atoms with Crippen molar-refractivity contribution >= 4 is 17.6 Å². The molecule has 0 spiro atoms. The third-order valence-corrected chi connectivity index (χ3v) is 2.41. The van der Waals surface area contributed by atoms with Gasteiger partial charge in [-0.2, -0.15) is 0 Å². The minimum atomic E-state index is -0.742. The van der Waals surface area contributed by atoms with Gasteiger partial charge in [-0.15, -0.1) is 0 Å². The van der Waals surface area contributed by atoms with Gasteiger partial charge in [0.15, 0.2) is 0 Å². The molecule has 0 radical (unpaired) electrons. The van der Waals surface area contributed by atoms with Crippen LogP contribution in [0.1, 0.15) is 17.3 Å². The number of rotatable bonds is 4. The van der Waals surface area contributed by atoms with Crippen LogP contribution in [0.25, 0.3) is 0 Å². The van der Waals surface area contributed by atoms with Crippen molar-refractivity contribution in [2.75, 3.05) is 20.0 Å². The van der Waals surface area contributed by atoms with Crippen molar-refractivity contribution in [1.82, 2.24) is 5.32 Å². The summed E-state index contributed by atoms with van der Waals surface area (Å²) in [6.07, 6.45) is 0. The first-order valence-electron chi connectivity index (χ1n) is 5.31. The Bertz CT molecular complexity index is 459. The number of hydrogen-bond acceptors (Lipinski definition) is 5. The second-order valence-corrected chi connectivity index (χ2v) is 3.67. The Kier molecular flexibility index (Phi) is 4.53. The molecule has 0 heterocycles. The van der Waals surface area contributed by atoms with E-state index in [2.05, 4.69) is 10.1 Å². The van der Waals surface area contributed by atoms with E-state index < -0.39 is 17.9 Å². The van der Waals surface area contributed by atoms with Crippen LogP contribution in [0.3, 0.4) is 0 Å². The molecule has 1 aromatic rings. The van der Waals surface area contributed by atoms with E-state index in [0.29, 0.717) is 11.4 Å². The first kappa shape index (κ1) is 13.8. The molecule has 1 atom stereocenters. The maximum Gasteiger partial charge on any atom is 0.328 e. The number of carbonyl (C=O) groups is 2. The van der Waals surface area contributed by atoms with Gasteiger partial charge in [0.1, 0.15) is 11.8 Å². The average molecular weight is 252 g/mol. The predicted molar refractivity (Wildman–Crippen MR) is 66.4 cm³/mol. The number of methoxy groups -OCH3 is 2. The van der Waals surface area contributed by atoms with Crippen molar-refractivity contribution in [3.8, 4) is 5.75 Å². The molecule has 0 aliphatic carbocycles. The number of esters is 1. The molecule has 0 aliphatic rings. The van der Waals surface area contributed by atoms with Crippen LogP contribution >= 0.6 is 0 Å². The Balaban J connectivity index is 2.87. The first-order valence-corrected chi connectivity index (χ1v) is 5.31. The van der Waals surface area contributed by atoms with Crippen molar-refractivity contribution in [3.05, 3.63) is 23.8 Å². The maximum atomic E-state index is 11.9. The molecule has 0 saturated heterocycles. The Hall–Kier alpha value is -2.24. The lowest BCUT2D eigenvalue weighted by atomic mass is 10.1. The molecule has 3 N–H and O–H groups in total. The third-order valence-electron chi connectivity index (χ3n) is 2.41. The molecule has 98 valence electrons. The zero-order chi connectivity index (χ0) is 13.7. The molecule has 0 aliphatic heterocycles. The number of nitrogens with one attached hydrogen (secondary N) is 1. The molecule has 1 rings (SSSR count). The molecule has 1 aromatic carbocycles. The Labute approximate surface area is 105 Å². The highest BCUT2D eigenvalue weighted by molar-refractivity contribution is 6.01. The van der Waals surface area contributed by atoms with E-state index in [1.807, 2.05) is 0 Å². The van der Waals surface area contributed by atoms with Gasteiger partial charge in [-0.05, 0) is 25.1 Å². The standard InChI is InChI=1S/C12H16N2O4/c1-7(12(16)18-3)14-11(15)9-6-8(17-2)4-5-10(9)13/h4-7H,13H2,1-3H3,(H,14,15). The van der Waals surface area contributed by atoms with Gasteiger partial charge in [0.05, 0.1) is 19.8 Å². The minimum Gasteiger partial charge on any atom is -0.497 e. The first-order chi connectivity index (χ1) is 8.49. The summed E-state index contributed by atoms with van der Waals surface area (Å²) >= 11 is 0. The quantitative estimate of drug-likeness (QED) is 0.604. The molecule has 0 aromatic heterocycles.